The minimum atomic E-state index is -0.545. The molecule has 1 aromatic rings. The number of benzene rings is 1. The van der Waals surface area contributed by atoms with Crippen LogP contribution in [0.1, 0.15) is 18.6 Å². The second-order valence-electron chi connectivity index (χ2n) is 3.26. The Morgan fingerprint density at radius 1 is 1.36 bits per heavy atom. The van der Waals surface area contributed by atoms with Gasteiger partial charge in [0.05, 0.1) is 13.2 Å². The summed E-state index contributed by atoms with van der Waals surface area (Å²) in [7, 11) is 3.43. The SMILES string of the molecule is CNC(C)C(O)c1ccccc1OC. The van der Waals surface area contributed by atoms with Crippen LogP contribution >= 0.6 is 0 Å². The Kier molecular flexibility index (Phi) is 3.92. The predicted octanol–water partition coefficient (Wildman–Crippen LogP) is 1.34. The molecule has 0 aliphatic carbocycles. The van der Waals surface area contributed by atoms with Gasteiger partial charge in [-0.2, -0.15) is 0 Å². The molecule has 2 atom stereocenters. The lowest BCUT2D eigenvalue weighted by atomic mass is 10.0. The smallest absolute Gasteiger partial charge is 0.124 e. The molecule has 0 amide bonds. The summed E-state index contributed by atoms with van der Waals surface area (Å²) in [5.74, 6) is 0.724. The van der Waals surface area contributed by atoms with Gasteiger partial charge in [0, 0.05) is 11.6 Å². The molecule has 0 radical (unpaired) electrons. The Morgan fingerprint density at radius 2 is 2.00 bits per heavy atom. The van der Waals surface area contributed by atoms with E-state index in [1.165, 1.54) is 0 Å². The number of para-hydroxylation sites is 1. The van der Waals surface area contributed by atoms with Crippen LogP contribution in [-0.4, -0.2) is 25.3 Å². The summed E-state index contributed by atoms with van der Waals surface area (Å²) in [6.45, 7) is 1.93. The fourth-order valence-corrected chi connectivity index (χ4v) is 1.34. The standard InChI is InChI=1S/C11H17NO2/c1-8(12-2)11(13)9-6-4-5-7-10(9)14-3/h4-8,11-13H,1-3H3. The highest BCUT2D eigenvalue weighted by Crippen LogP contribution is 2.26. The molecule has 2 unspecified atom stereocenters. The molecule has 0 saturated carbocycles. The number of likely N-dealkylation sites (N-methyl/N-ethyl adjacent to an activating group) is 1. The van der Waals surface area contributed by atoms with Crippen LogP contribution < -0.4 is 10.1 Å². The normalized spacial score (nSPS) is 14.9. The molecule has 0 aromatic heterocycles. The number of hydrogen-bond donors (Lipinski definition) is 2. The van der Waals surface area contributed by atoms with Crippen LogP contribution in [0, 0.1) is 0 Å². The van der Waals surface area contributed by atoms with Crippen molar-refractivity contribution in [1.82, 2.24) is 5.32 Å². The number of methoxy groups -OCH3 is 1. The summed E-state index contributed by atoms with van der Waals surface area (Å²) >= 11 is 0. The molecule has 3 heteroatoms. The summed E-state index contributed by atoms with van der Waals surface area (Å²) in [6.07, 6.45) is -0.545. The lowest BCUT2D eigenvalue weighted by Crippen LogP contribution is -2.28. The zero-order chi connectivity index (χ0) is 10.6. The third kappa shape index (κ3) is 2.25. The van der Waals surface area contributed by atoms with Crippen LogP contribution in [0.3, 0.4) is 0 Å². The maximum Gasteiger partial charge on any atom is 0.124 e. The van der Waals surface area contributed by atoms with Crippen molar-refractivity contribution in [3.8, 4) is 5.75 Å². The third-order valence-corrected chi connectivity index (χ3v) is 2.39. The second kappa shape index (κ2) is 4.98. The summed E-state index contributed by atoms with van der Waals surface area (Å²) in [5.41, 5.74) is 0.817. The number of aliphatic hydroxyl groups excluding tert-OH is 1. The predicted molar refractivity (Wildman–Crippen MR) is 56.5 cm³/mol. The first-order chi connectivity index (χ1) is 6.70. The topological polar surface area (TPSA) is 41.5 Å². The molecule has 0 bridgehead atoms. The van der Waals surface area contributed by atoms with E-state index in [1.54, 1.807) is 7.11 Å². The van der Waals surface area contributed by atoms with Gasteiger partial charge in [-0.1, -0.05) is 18.2 Å². The molecular formula is C11H17NO2. The van der Waals surface area contributed by atoms with E-state index >= 15 is 0 Å². The number of hydrogen-bond acceptors (Lipinski definition) is 3. The van der Waals surface area contributed by atoms with Crippen LogP contribution in [0.2, 0.25) is 0 Å². The van der Waals surface area contributed by atoms with Crippen LogP contribution in [0.25, 0.3) is 0 Å². The first-order valence-electron chi connectivity index (χ1n) is 4.69. The van der Waals surface area contributed by atoms with Gasteiger partial charge in [-0.25, -0.2) is 0 Å². The van der Waals surface area contributed by atoms with Gasteiger partial charge in [0.1, 0.15) is 5.75 Å². The van der Waals surface area contributed by atoms with Crippen molar-refractivity contribution in [2.24, 2.45) is 0 Å². The molecule has 2 N–H and O–H groups in total. The molecule has 3 nitrogen and oxygen atoms in total. The fraction of sp³-hybridized carbons (Fsp3) is 0.455. The van der Waals surface area contributed by atoms with E-state index in [9.17, 15) is 5.11 Å². The molecule has 0 aliphatic heterocycles. The van der Waals surface area contributed by atoms with E-state index < -0.39 is 6.10 Å². The molecule has 0 spiro atoms. The van der Waals surface area contributed by atoms with E-state index in [-0.39, 0.29) is 6.04 Å². The van der Waals surface area contributed by atoms with Crippen LogP contribution in [0.15, 0.2) is 24.3 Å². The van der Waals surface area contributed by atoms with Gasteiger partial charge in [0.25, 0.3) is 0 Å². The second-order valence-corrected chi connectivity index (χ2v) is 3.26. The summed E-state index contributed by atoms with van der Waals surface area (Å²) in [5, 5.41) is 13.0. The number of aliphatic hydroxyl groups is 1. The highest BCUT2D eigenvalue weighted by atomic mass is 16.5. The van der Waals surface area contributed by atoms with Crippen molar-refractivity contribution in [2.45, 2.75) is 19.1 Å². The van der Waals surface area contributed by atoms with Crippen molar-refractivity contribution < 1.29 is 9.84 Å². The minimum Gasteiger partial charge on any atom is -0.496 e. The molecule has 14 heavy (non-hydrogen) atoms. The summed E-state index contributed by atoms with van der Waals surface area (Å²) in [6, 6.07) is 7.51. The first-order valence-corrected chi connectivity index (χ1v) is 4.69. The quantitative estimate of drug-likeness (QED) is 0.761. The average molecular weight is 195 g/mol. The molecule has 0 fully saturated rings. The van der Waals surface area contributed by atoms with E-state index in [2.05, 4.69) is 5.32 Å². The third-order valence-electron chi connectivity index (χ3n) is 2.39. The van der Waals surface area contributed by atoms with E-state index in [0.29, 0.717) is 0 Å². The molecule has 1 rings (SSSR count). The lowest BCUT2D eigenvalue weighted by molar-refractivity contribution is 0.136. The van der Waals surface area contributed by atoms with Gasteiger partial charge in [0.15, 0.2) is 0 Å². The fourth-order valence-electron chi connectivity index (χ4n) is 1.34. The van der Waals surface area contributed by atoms with Crippen molar-refractivity contribution >= 4 is 0 Å². The Labute approximate surface area is 84.7 Å². The average Bonchev–Trinajstić information content (AvgIpc) is 2.26. The molecule has 1 aromatic carbocycles. The van der Waals surface area contributed by atoms with Crippen LogP contribution in [0.5, 0.6) is 5.75 Å². The summed E-state index contributed by atoms with van der Waals surface area (Å²) < 4.78 is 5.17. The van der Waals surface area contributed by atoms with Gasteiger partial charge in [-0.15, -0.1) is 0 Å². The zero-order valence-corrected chi connectivity index (χ0v) is 8.82. The Morgan fingerprint density at radius 3 is 2.57 bits per heavy atom. The van der Waals surface area contributed by atoms with E-state index in [1.807, 2.05) is 38.2 Å². The van der Waals surface area contributed by atoms with Gasteiger partial charge >= 0.3 is 0 Å². The Balaban J connectivity index is 2.93. The number of rotatable bonds is 4. The van der Waals surface area contributed by atoms with Crippen molar-refractivity contribution in [3.63, 3.8) is 0 Å². The molecular weight excluding hydrogens is 178 g/mol. The van der Waals surface area contributed by atoms with E-state index in [0.717, 1.165) is 11.3 Å². The van der Waals surface area contributed by atoms with Crippen LogP contribution in [-0.2, 0) is 0 Å². The van der Waals surface area contributed by atoms with E-state index in [4.69, 9.17) is 4.74 Å². The number of ether oxygens (including phenoxy) is 1. The van der Waals surface area contributed by atoms with Gasteiger partial charge in [-0.3, -0.25) is 0 Å². The highest BCUT2D eigenvalue weighted by molar-refractivity contribution is 5.35. The number of nitrogens with one attached hydrogen (secondary N) is 1. The zero-order valence-electron chi connectivity index (χ0n) is 8.82. The molecule has 0 saturated heterocycles. The van der Waals surface area contributed by atoms with Gasteiger partial charge in [-0.05, 0) is 20.0 Å². The largest absolute Gasteiger partial charge is 0.496 e. The minimum absolute atomic E-state index is 0.00583. The van der Waals surface area contributed by atoms with Crippen molar-refractivity contribution in [2.75, 3.05) is 14.2 Å². The van der Waals surface area contributed by atoms with Gasteiger partial charge in [0.2, 0.25) is 0 Å². The van der Waals surface area contributed by atoms with Crippen molar-refractivity contribution in [3.05, 3.63) is 29.8 Å². The molecule has 0 heterocycles. The maximum atomic E-state index is 9.96. The molecule has 78 valence electrons. The lowest BCUT2D eigenvalue weighted by Gasteiger charge is -2.20. The maximum absolute atomic E-state index is 9.96. The van der Waals surface area contributed by atoms with Crippen molar-refractivity contribution in [1.29, 1.82) is 0 Å². The summed E-state index contributed by atoms with van der Waals surface area (Å²) in [4.78, 5) is 0. The van der Waals surface area contributed by atoms with Crippen LogP contribution in [0.4, 0.5) is 0 Å². The highest BCUT2D eigenvalue weighted by Gasteiger charge is 2.17. The Bertz CT molecular complexity index is 288. The van der Waals surface area contributed by atoms with Gasteiger partial charge < -0.3 is 15.2 Å². The first kappa shape index (κ1) is 11.0. The Hall–Kier alpha value is -1.06. The monoisotopic (exact) mass is 195 g/mol. The molecule has 0 aliphatic rings.